The van der Waals surface area contributed by atoms with E-state index in [1.807, 2.05) is 43.5 Å². The van der Waals surface area contributed by atoms with Gasteiger partial charge in [-0.05, 0) is 84.0 Å². The molecule has 1 aromatic heterocycles. The van der Waals surface area contributed by atoms with Crippen LogP contribution in [-0.2, 0) is 9.53 Å². The summed E-state index contributed by atoms with van der Waals surface area (Å²) in [7, 11) is 1.52. The number of furan rings is 1. The van der Waals surface area contributed by atoms with Gasteiger partial charge in [-0.15, -0.1) is 0 Å². The molecule has 2 atom stereocenters. The van der Waals surface area contributed by atoms with Crippen LogP contribution in [0.5, 0.6) is 0 Å². The van der Waals surface area contributed by atoms with Gasteiger partial charge in [0.2, 0.25) is 0 Å². The summed E-state index contributed by atoms with van der Waals surface area (Å²) in [4.78, 5) is 25.3. The van der Waals surface area contributed by atoms with Crippen molar-refractivity contribution < 1.29 is 23.8 Å². The van der Waals surface area contributed by atoms with Crippen molar-refractivity contribution in [3.63, 3.8) is 0 Å². The van der Waals surface area contributed by atoms with Crippen molar-refractivity contribution in [1.29, 1.82) is 0 Å². The summed E-state index contributed by atoms with van der Waals surface area (Å²) in [5, 5.41) is 13.4. The SMILES string of the molecule is COC(c1ccc(C(=O)NC(CCSC)C(=O)O)c(-c2ccccc2C)c1)c1oc(-c2ccc(Cl)cc2)c(Cl)c1Cl.[LiH]. The zero-order valence-electron chi connectivity index (χ0n) is 22.5. The fourth-order valence-electron chi connectivity index (χ4n) is 4.51. The van der Waals surface area contributed by atoms with Gasteiger partial charge in [-0.3, -0.25) is 4.79 Å². The summed E-state index contributed by atoms with van der Waals surface area (Å²) in [5.41, 5.74) is 4.06. The molecule has 3 aromatic carbocycles. The van der Waals surface area contributed by atoms with Crippen LogP contribution in [0.4, 0.5) is 0 Å². The van der Waals surface area contributed by atoms with E-state index in [4.69, 9.17) is 44.0 Å². The predicted molar refractivity (Wildman–Crippen MR) is 174 cm³/mol. The third-order valence-electron chi connectivity index (χ3n) is 6.64. The molecule has 42 heavy (non-hydrogen) atoms. The van der Waals surface area contributed by atoms with Crippen LogP contribution in [-0.4, -0.2) is 61.0 Å². The van der Waals surface area contributed by atoms with Crippen LogP contribution in [0.15, 0.2) is 71.1 Å². The number of amides is 1. The first-order valence-electron chi connectivity index (χ1n) is 12.6. The van der Waals surface area contributed by atoms with Crippen molar-refractivity contribution in [3.8, 4) is 22.5 Å². The summed E-state index contributed by atoms with van der Waals surface area (Å²) in [6, 6.07) is 18.9. The van der Waals surface area contributed by atoms with Gasteiger partial charge in [-0.1, -0.05) is 65.1 Å². The zero-order valence-corrected chi connectivity index (χ0v) is 25.6. The number of carbonyl (C=O) groups excluding carboxylic acids is 1. The van der Waals surface area contributed by atoms with Crippen LogP contribution < -0.4 is 5.32 Å². The number of halogens is 3. The normalized spacial score (nSPS) is 12.3. The second kappa shape index (κ2) is 15.4. The summed E-state index contributed by atoms with van der Waals surface area (Å²) in [6.45, 7) is 1.94. The Morgan fingerprint density at radius 3 is 2.31 bits per heavy atom. The van der Waals surface area contributed by atoms with Crippen LogP contribution in [0.1, 0.15) is 39.8 Å². The van der Waals surface area contributed by atoms with Gasteiger partial charge < -0.3 is 19.6 Å². The van der Waals surface area contributed by atoms with Crippen LogP contribution >= 0.6 is 46.6 Å². The first-order chi connectivity index (χ1) is 19.7. The molecule has 0 fully saturated rings. The second-order valence-corrected chi connectivity index (χ2v) is 11.5. The van der Waals surface area contributed by atoms with Gasteiger partial charge in [0.15, 0.2) is 11.5 Å². The summed E-state index contributed by atoms with van der Waals surface area (Å²) in [5.74, 6) is -0.283. The number of carbonyl (C=O) groups is 2. The van der Waals surface area contributed by atoms with E-state index in [0.717, 1.165) is 11.1 Å². The maximum absolute atomic E-state index is 13.5. The molecule has 0 aliphatic carbocycles. The molecule has 2 unspecified atom stereocenters. The number of thioether (sulfide) groups is 1. The molecule has 4 rings (SSSR count). The van der Waals surface area contributed by atoms with Crippen LogP contribution in [0.2, 0.25) is 15.1 Å². The molecule has 1 amide bonds. The Bertz CT molecular complexity index is 1560. The van der Waals surface area contributed by atoms with Gasteiger partial charge in [0.25, 0.3) is 5.91 Å². The standard InChI is InChI=1S/C31H28Cl3NO5S.Li.H/c1-17-6-4-5-7-21(17)23-16-19(10-13-22(23)30(36)35-24(31(37)38)14-15-41-3)28(39-2)29-26(34)25(33)27(40-29)18-8-11-20(32)12-9-18;;/h4-13,16,24,28H,14-15H2,1-3H3,(H,35,36)(H,37,38);;. The van der Waals surface area contributed by atoms with Gasteiger partial charge >= 0.3 is 24.8 Å². The Kier molecular flexibility index (Phi) is 12.5. The van der Waals surface area contributed by atoms with Crippen LogP contribution in [0, 0.1) is 6.92 Å². The molecule has 216 valence electrons. The fourth-order valence-corrected chi connectivity index (χ4v) is 5.57. The average molecular weight is 641 g/mol. The minimum atomic E-state index is -1.08. The van der Waals surface area contributed by atoms with E-state index in [2.05, 4.69) is 5.32 Å². The zero-order chi connectivity index (χ0) is 29.7. The van der Waals surface area contributed by atoms with Gasteiger partial charge in [0.1, 0.15) is 22.2 Å². The Labute approximate surface area is 276 Å². The number of methoxy groups -OCH3 is 1. The number of hydrogen-bond acceptors (Lipinski definition) is 5. The van der Waals surface area contributed by atoms with Crippen molar-refractivity contribution in [2.45, 2.75) is 25.5 Å². The third-order valence-corrected chi connectivity index (χ3v) is 8.37. The Morgan fingerprint density at radius 2 is 1.69 bits per heavy atom. The maximum atomic E-state index is 13.5. The van der Waals surface area contributed by atoms with Crippen molar-refractivity contribution in [3.05, 3.63) is 104 Å². The van der Waals surface area contributed by atoms with Crippen LogP contribution in [0.25, 0.3) is 22.5 Å². The van der Waals surface area contributed by atoms with E-state index >= 15 is 0 Å². The van der Waals surface area contributed by atoms with Crippen molar-refractivity contribution in [2.24, 2.45) is 0 Å². The van der Waals surface area contributed by atoms with Gasteiger partial charge in [-0.25, -0.2) is 4.79 Å². The first-order valence-corrected chi connectivity index (χ1v) is 15.2. The number of carboxylic acid groups (broad SMARTS) is 1. The third kappa shape index (κ3) is 7.59. The first kappa shape index (κ1) is 34.2. The Hall–Kier alpha value is -2.34. The molecule has 0 spiro atoms. The molecule has 6 nitrogen and oxygen atoms in total. The average Bonchev–Trinajstić information content (AvgIpc) is 3.25. The van der Waals surface area contributed by atoms with E-state index in [9.17, 15) is 14.7 Å². The van der Waals surface area contributed by atoms with E-state index < -0.39 is 24.0 Å². The monoisotopic (exact) mass is 639 g/mol. The number of carboxylic acids is 1. The van der Waals surface area contributed by atoms with Crippen molar-refractivity contribution in [1.82, 2.24) is 5.32 Å². The quantitative estimate of drug-likeness (QED) is 0.162. The number of benzene rings is 3. The molecule has 0 radical (unpaired) electrons. The molecule has 0 aliphatic rings. The molecule has 0 bridgehead atoms. The topological polar surface area (TPSA) is 88.8 Å². The minimum absolute atomic E-state index is 0. The Balaban J connectivity index is 0.00000484. The van der Waals surface area contributed by atoms with Gasteiger partial charge in [0, 0.05) is 23.3 Å². The number of aliphatic carboxylic acids is 1. The molecule has 0 aliphatic heterocycles. The molecule has 0 saturated carbocycles. The van der Waals surface area contributed by atoms with Crippen molar-refractivity contribution >= 4 is 77.3 Å². The molecular formula is C31H29Cl3LiNO5S. The number of ether oxygens (including phenoxy) is 1. The number of nitrogens with one attached hydrogen (secondary N) is 1. The summed E-state index contributed by atoms with van der Waals surface area (Å²) in [6.07, 6.45) is 1.44. The Morgan fingerprint density at radius 1 is 1.00 bits per heavy atom. The van der Waals surface area contributed by atoms with E-state index in [1.165, 1.54) is 18.9 Å². The predicted octanol–water partition coefficient (Wildman–Crippen LogP) is 7.91. The molecule has 11 heteroatoms. The van der Waals surface area contributed by atoms with Gasteiger partial charge in [-0.2, -0.15) is 11.8 Å². The van der Waals surface area contributed by atoms with Crippen molar-refractivity contribution in [2.75, 3.05) is 19.1 Å². The van der Waals surface area contributed by atoms with Gasteiger partial charge in [0.05, 0.1) is 0 Å². The molecule has 0 saturated heterocycles. The van der Waals surface area contributed by atoms with Crippen LogP contribution in [0.3, 0.4) is 0 Å². The molecule has 2 N–H and O–H groups in total. The molecular weight excluding hydrogens is 612 g/mol. The number of rotatable bonds is 11. The number of hydrogen-bond donors (Lipinski definition) is 2. The van der Waals surface area contributed by atoms with E-state index in [0.29, 0.717) is 51.0 Å². The summed E-state index contributed by atoms with van der Waals surface area (Å²) < 4.78 is 12.0. The molecule has 1 heterocycles. The van der Waals surface area contributed by atoms with E-state index in [1.54, 1.807) is 36.4 Å². The second-order valence-electron chi connectivity index (χ2n) is 9.31. The fraction of sp³-hybridized carbons (Fsp3) is 0.226. The summed E-state index contributed by atoms with van der Waals surface area (Å²) >= 11 is 20.8. The van der Waals surface area contributed by atoms with E-state index in [-0.39, 0.29) is 28.9 Å². The number of aryl methyl sites for hydroxylation is 1. The molecule has 4 aromatic rings.